The first-order valence-corrected chi connectivity index (χ1v) is 10.1. The lowest BCUT2D eigenvalue weighted by molar-refractivity contribution is -0.159. The number of amides is 1. The Morgan fingerprint density at radius 1 is 1.12 bits per heavy atom. The summed E-state index contributed by atoms with van der Waals surface area (Å²) in [5, 5.41) is 7.44. The van der Waals surface area contributed by atoms with Gasteiger partial charge in [-0.25, -0.2) is 0 Å². The van der Waals surface area contributed by atoms with Crippen LogP contribution in [-0.2, 0) is 13.2 Å². The van der Waals surface area contributed by atoms with Crippen LogP contribution in [0.4, 0.5) is 13.2 Å². The van der Waals surface area contributed by atoms with Crippen LogP contribution in [0.25, 0.3) is 33.7 Å². The summed E-state index contributed by atoms with van der Waals surface area (Å²) in [6.45, 7) is 2.81. The molecule has 1 fully saturated rings. The smallest absolute Gasteiger partial charge is 0.338 e. The summed E-state index contributed by atoms with van der Waals surface area (Å²) < 4.78 is 44.4. The molecule has 0 atom stereocenters. The van der Waals surface area contributed by atoms with Gasteiger partial charge in [-0.2, -0.15) is 18.2 Å². The molecule has 170 valence electrons. The summed E-state index contributed by atoms with van der Waals surface area (Å²) in [4.78, 5) is 26.9. The van der Waals surface area contributed by atoms with Crippen molar-refractivity contribution in [1.82, 2.24) is 34.9 Å². The van der Waals surface area contributed by atoms with E-state index in [4.69, 9.17) is 0 Å². The Morgan fingerprint density at radius 2 is 1.88 bits per heavy atom. The van der Waals surface area contributed by atoms with E-state index in [0.717, 1.165) is 24.0 Å². The summed E-state index contributed by atoms with van der Waals surface area (Å²) >= 11 is 0. The fourth-order valence-corrected chi connectivity index (χ4v) is 3.77. The molecule has 1 saturated heterocycles. The quantitative estimate of drug-likeness (QED) is 0.505. The van der Waals surface area contributed by atoms with Crippen LogP contribution in [-0.4, -0.2) is 61.7 Å². The average Bonchev–Trinajstić information content (AvgIpc) is 3.45. The number of hydrogen-bond donors (Lipinski definition) is 1. The predicted molar refractivity (Wildman–Crippen MR) is 111 cm³/mol. The van der Waals surface area contributed by atoms with E-state index in [9.17, 15) is 18.0 Å². The molecule has 0 spiro atoms. The third-order valence-electron chi connectivity index (χ3n) is 5.50. The van der Waals surface area contributed by atoms with E-state index in [1.54, 1.807) is 16.8 Å². The molecule has 9 nitrogen and oxygen atoms in total. The molecule has 4 aromatic rings. The van der Waals surface area contributed by atoms with Gasteiger partial charge in [0.2, 0.25) is 5.82 Å². The van der Waals surface area contributed by atoms with Crippen molar-refractivity contribution in [2.45, 2.75) is 6.18 Å². The standard InChI is InChI=1S/C21H18F3N7O2/c1-30-16(19(32)31-6-4-25-5-7-31)10-13-9-15(27-11-17(13)30)14-8-12(2-3-26-14)18-28-20(33-29-18)21(22,23)24/h2-3,8-11,25H,4-7H2,1H3. The van der Waals surface area contributed by atoms with Gasteiger partial charge in [-0.05, 0) is 24.3 Å². The molecule has 5 heterocycles. The van der Waals surface area contributed by atoms with Gasteiger partial charge in [-0.15, -0.1) is 0 Å². The molecule has 12 heteroatoms. The molecule has 1 amide bonds. The van der Waals surface area contributed by atoms with Crippen LogP contribution in [0.3, 0.4) is 0 Å². The van der Waals surface area contributed by atoms with Gasteiger partial charge in [0.15, 0.2) is 0 Å². The van der Waals surface area contributed by atoms with Crippen molar-refractivity contribution in [2.75, 3.05) is 26.2 Å². The molecule has 1 aliphatic rings. The monoisotopic (exact) mass is 457 g/mol. The van der Waals surface area contributed by atoms with E-state index in [-0.39, 0.29) is 11.7 Å². The van der Waals surface area contributed by atoms with E-state index in [0.29, 0.717) is 35.7 Å². The van der Waals surface area contributed by atoms with Gasteiger partial charge in [0, 0.05) is 50.4 Å². The van der Waals surface area contributed by atoms with Crippen molar-refractivity contribution in [2.24, 2.45) is 7.05 Å². The van der Waals surface area contributed by atoms with Crippen LogP contribution in [0.1, 0.15) is 16.4 Å². The molecule has 0 unspecified atom stereocenters. The molecule has 0 radical (unpaired) electrons. The summed E-state index contributed by atoms with van der Waals surface area (Å²) in [5.74, 6) is -1.66. The van der Waals surface area contributed by atoms with E-state index in [1.807, 2.05) is 18.0 Å². The van der Waals surface area contributed by atoms with Gasteiger partial charge >= 0.3 is 12.1 Å². The number of alkyl halides is 3. The molecule has 0 saturated carbocycles. The third kappa shape index (κ3) is 3.93. The van der Waals surface area contributed by atoms with Crippen LogP contribution in [0.5, 0.6) is 0 Å². The van der Waals surface area contributed by atoms with Crippen LogP contribution >= 0.6 is 0 Å². The van der Waals surface area contributed by atoms with E-state index < -0.39 is 12.1 Å². The van der Waals surface area contributed by atoms with Crippen molar-refractivity contribution < 1.29 is 22.5 Å². The van der Waals surface area contributed by atoms with E-state index in [2.05, 4.69) is 29.9 Å². The highest BCUT2D eigenvalue weighted by molar-refractivity contribution is 5.99. The molecule has 0 aromatic carbocycles. The number of hydrogen-bond acceptors (Lipinski definition) is 7. The Labute approximate surface area is 185 Å². The summed E-state index contributed by atoms with van der Waals surface area (Å²) in [6.07, 6.45) is -1.64. The minimum atomic E-state index is -4.72. The first-order valence-electron chi connectivity index (χ1n) is 10.1. The second kappa shape index (κ2) is 7.96. The highest BCUT2D eigenvalue weighted by Gasteiger charge is 2.38. The number of nitrogens with one attached hydrogen (secondary N) is 1. The third-order valence-corrected chi connectivity index (χ3v) is 5.50. The van der Waals surface area contributed by atoms with Crippen molar-refractivity contribution in [3.63, 3.8) is 0 Å². The number of aromatic nitrogens is 5. The molecule has 4 aromatic heterocycles. The number of rotatable bonds is 3. The Morgan fingerprint density at radius 3 is 2.61 bits per heavy atom. The number of pyridine rings is 2. The fraction of sp³-hybridized carbons (Fsp3) is 0.286. The normalized spacial score (nSPS) is 14.7. The second-order valence-corrected chi connectivity index (χ2v) is 7.61. The highest BCUT2D eigenvalue weighted by Crippen LogP contribution is 2.30. The zero-order valence-electron chi connectivity index (χ0n) is 17.4. The predicted octanol–water partition coefficient (Wildman–Crippen LogP) is 2.75. The van der Waals surface area contributed by atoms with Crippen LogP contribution in [0, 0.1) is 0 Å². The van der Waals surface area contributed by atoms with Crippen molar-refractivity contribution >= 4 is 16.8 Å². The Kier molecular flexibility index (Phi) is 5.08. The lowest BCUT2D eigenvalue weighted by Crippen LogP contribution is -2.46. The minimum Gasteiger partial charge on any atom is -0.338 e. The fourth-order valence-electron chi connectivity index (χ4n) is 3.77. The number of halogens is 3. The number of nitrogens with zero attached hydrogens (tertiary/aromatic N) is 6. The van der Waals surface area contributed by atoms with Gasteiger partial charge < -0.3 is 19.3 Å². The summed E-state index contributed by atoms with van der Waals surface area (Å²) in [7, 11) is 1.81. The Balaban J connectivity index is 1.47. The Bertz CT molecular complexity index is 1340. The highest BCUT2D eigenvalue weighted by atomic mass is 19.4. The average molecular weight is 457 g/mol. The maximum Gasteiger partial charge on any atom is 0.471 e. The molecular formula is C21H18F3N7O2. The van der Waals surface area contributed by atoms with E-state index >= 15 is 0 Å². The van der Waals surface area contributed by atoms with Crippen molar-refractivity contribution in [1.29, 1.82) is 0 Å². The number of carbonyl (C=O) groups is 1. The summed E-state index contributed by atoms with van der Waals surface area (Å²) in [6, 6.07) is 6.62. The topological polar surface area (TPSA) is 102 Å². The lowest BCUT2D eigenvalue weighted by Gasteiger charge is -2.27. The molecular weight excluding hydrogens is 439 g/mol. The molecule has 33 heavy (non-hydrogen) atoms. The number of aryl methyl sites for hydroxylation is 1. The lowest BCUT2D eigenvalue weighted by atomic mass is 10.1. The van der Waals surface area contributed by atoms with E-state index in [1.165, 1.54) is 18.3 Å². The van der Waals surface area contributed by atoms with Crippen molar-refractivity contribution in [3.05, 3.63) is 48.2 Å². The largest absolute Gasteiger partial charge is 0.471 e. The zero-order valence-corrected chi connectivity index (χ0v) is 17.4. The van der Waals surface area contributed by atoms with Crippen LogP contribution in [0.2, 0.25) is 0 Å². The second-order valence-electron chi connectivity index (χ2n) is 7.61. The first-order chi connectivity index (χ1) is 15.8. The number of carbonyl (C=O) groups excluding carboxylic acids is 1. The number of fused-ring (bicyclic) bond motifs is 1. The van der Waals surface area contributed by atoms with Gasteiger partial charge in [-0.3, -0.25) is 14.8 Å². The molecule has 0 aliphatic carbocycles. The summed E-state index contributed by atoms with van der Waals surface area (Å²) in [5.41, 5.74) is 2.56. The maximum absolute atomic E-state index is 13.0. The minimum absolute atomic E-state index is 0.0468. The number of piperazine rings is 1. The maximum atomic E-state index is 13.0. The van der Waals surface area contributed by atoms with Crippen LogP contribution < -0.4 is 5.32 Å². The molecule has 1 aliphatic heterocycles. The first kappa shape index (κ1) is 21.1. The SMILES string of the molecule is Cn1c(C(=O)N2CCNCC2)cc2cc(-c3cc(-c4noc(C(F)(F)F)n4)ccn3)ncc21. The van der Waals surface area contributed by atoms with Crippen molar-refractivity contribution in [3.8, 4) is 22.8 Å². The molecule has 5 rings (SSSR count). The Hall–Kier alpha value is -3.80. The van der Waals surface area contributed by atoms with Crippen LogP contribution in [0.15, 0.2) is 41.2 Å². The van der Waals surface area contributed by atoms with Gasteiger partial charge in [-0.1, -0.05) is 5.16 Å². The zero-order chi connectivity index (χ0) is 23.2. The molecule has 0 bridgehead atoms. The van der Waals surface area contributed by atoms with Gasteiger partial charge in [0.05, 0.1) is 23.1 Å². The van der Waals surface area contributed by atoms with Gasteiger partial charge in [0.25, 0.3) is 5.91 Å². The van der Waals surface area contributed by atoms with Gasteiger partial charge in [0.1, 0.15) is 5.69 Å². The molecule has 1 N–H and O–H groups in total.